The SMILES string of the molecule is Cc1ncc(COC(=O)CCC(=O)OCCN(C)C)c2c1OC(C)(C)OC2. The van der Waals surface area contributed by atoms with Crippen LogP contribution in [0.25, 0.3) is 0 Å². The Morgan fingerprint density at radius 1 is 1.22 bits per heavy atom. The Morgan fingerprint density at radius 2 is 1.89 bits per heavy atom. The van der Waals surface area contributed by atoms with Gasteiger partial charge in [-0.25, -0.2) is 0 Å². The zero-order valence-electron chi connectivity index (χ0n) is 16.7. The number of ether oxygens (including phenoxy) is 4. The van der Waals surface area contributed by atoms with E-state index in [0.717, 1.165) is 16.8 Å². The fourth-order valence-electron chi connectivity index (χ4n) is 2.46. The molecule has 0 saturated carbocycles. The van der Waals surface area contributed by atoms with Gasteiger partial charge in [-0.2, -0.15) is 0 Å². The van der Waals surface area contributed by atoms with E-state index in [1.54, 1.807) is 6.20 Å². The predicted molar refractivity (Wildman–Crippen MR) is 97.0 cm³/mol. The van der Waals surface area contributed by atoms with Crippen molar-refractivity contribution in [1.29, 1.82) is 0 Å². The summed E-state index contributed by atoms with van der Waals surface area (Å²) in [5, 5.41) is 0. The van der Waals surface area contributed by atoms with Crippen LogP contribution in [0.4, 0.5) is 0 Å². The highest BCUT2D eigenvalue weighted by atomic mass is 16.7. The van der Waals surface area contributed by atoms with E-state index in [1.807, 2.05) is 39.8 Å². The lowest BCUT2D eigenvalue weighted by Crippen LogP contribution is -2.36. The van der Waals surface area contributed by atoms with Gasteiger partial charge in [-0.1, -0.05) is 0 Å². The first-order valence-electron chi connectivity index (χ1n) is 8.94. The Bertz CT molecular complexity index is 687. The second-order valence-electron chi connectivity index (χ2n) is 7.15. The molecular formula is C19H28N2O6. The molecule has 0 aromatic carbocycles. The van der Waals surface area contributed by atoms with Gasteiger partial charge in [0.1, 0.15) is 19.0 Å². The van der Waals surface area contributed by atoms with Crippen molar-refractivity contribution in [2.45, 2.75) is 52.6 Å². The second kappa shape index (κ2) is 9.14. The van der Waals surface area contributed by atoms with E-state index >= 15 is 0 Å². The molecule has 8 heteroatoms. The van der Waals surface area contributed by atoms with Gasteiger partial charge in [0.05, 0.1) is 25.1 Å². The fourth-order valence-corrected chi connectivity index (χ4v) is 2.46. The number of pyridine rings is 1. The van der Waals surface area contributed by atoms with Crippen LogP contribution in [0.15, 0.2) is 6.20 Å². The van der Waals surface area contributed by atoms with Crippen molar-refractivity contribution in [2.24, 2.45) is 0 Å². The molecule has 1 aliphatic rings. The van der Waals surface area contributed by atoms with E-state index in [0.29, 0.717) is 25.5 Å². The van der Waals surface area contributed by atoms with Crippen LogP contribution in [0.5, 0.6) is 5.75 Å². The monoisotopic (exact) mass is 380 g/mol. The number of carbonyl (C=O) groups is 2. The number of aryl methyl sites for hydroxylation is 1. The van der Waals surface area contributed by atoms with Gasteiger partial charge >= 0.3 is 11.9 Å². The third-order valence-electron chi connectivity index (χ3n) is 4.04. The largest absolute Gasteiger partial charge is 0.464 e. The van der Waals surface area contributed by atoms with E-state index < -0.39 is 17.7 Å². The highest BCUT2D eigenvalue weighted by molar-refractivity contribution is 5.77. The smallest absolute Gasteiger partial charge is 0.306 e. The summed E-state index contributed by atoms with van der Waals surface area (Å²) in [6.07, 6.45) is 1.63. The molecule has 1 aromatic rings. The highest BCUT2D eigenvalue weighted by Gasteiger charge is 2.30. The van der Waals surface area contributed by atoms with Crippen LogP contribution in [0.1, 0.15) is 43.5 Å². The van der Waals surface area contributed by atoms with Crippen LogP contribution >= 0.6 is 0 Å². The average Bonchev–Trinajstić information content (AvgIpc) is 2.59. The highest BCUT2D eigenvalue weighted by Crippen LogP contribution is 2.35. The van der Waals surface area contributed by atoms with Crippen molar-refractivity contribution in [1.82, 2.24) is 9.88 Å². The van der Waals surface area contributed by atoms with Gasteiger partial charge in [-0.3, -0.25) is 14.6 Å². The van der Waals surface area contributed by atoms with Gasteiger partial charge < -0.3 is 23.8 Å². The molecule has 0 saturated heterocycles. The van der Waals surface area contributed by atoms with Crippen LogP contribution in [-0.4, -0.2) is 54.9 Å². The van der Waals surface area contributed by atoms with E-state index in [4.69, 9.17) is 18.9 Å². The molecule has 27 heavy (non-hydrogen) atoms. The van der Waals surface area contributed by atoms with Crippen LogP contribution in [0.3, 0.4) is 0 Å². The summed E-state index contributed by atoms with van der Waals surface area (Å²) in [6, 6.07) is 0. The first kappa shape index (κ1) is 21.1. The van der Waals surface area contributed by atoms with Crippen molar-refractivity contribution in [2.75, 3.05) is 27.2 Å². The molecule has 2 heterocycles. The van der Waals surface area contributed by atoms with E-state index in [-0.39, 0.29) is 19.4 Å². The lowest BCUT2D eigenvalue weighted by atomic mass is 10.1. The number of hydrogen-bond donors (Lipinski definition) is 0. The summed E-state index contributed by atoms with van der Waals surface area (Å²) in [7, 11) is 3.78. The number of likely N-dealkylation sites (N-methyl/N-ethyl adjacent to an activating group) is 1. The van der Waals surface area contributed by atoms with Crippen molar-refractivity contribution in [3.8, 4) is 5.75 Å². The molecule has 0 atom stereocenters. The molecule has 0 spiro atoms. The van der Waals surface area contributed by atoms with Crippen molar-refractivity contribution >= 4 is 11.9 Å². The number of fused-ring (bicyclic) bond motifs is 1. The number of carbonyl (C=O) groups excluding carboxylic acids is 2. The Hall–Kier alpha value is -2.19. The minimum absolute atomic E-state index is 0.00305. The lowest BCUT2D eigenvalue weighted by molar-refractivity contribution is -0.181. The number of aromatic nitrogens is 1. The standard InChI is InChI=1S/C19H28N2O6/c1-13-18-15(12-26-19(2,3)27-18)14(10-20-13)11-25-17(23)7-6-16(22)24-9-8-21(4)5/h10H,6-9,11-12H2,1-5H3. The van der Waals surface area contributed by atoms with Crippen LogP contribution in [0, 0.1) is 6.92 Å². The molecule has 0 fully saturated rings. The fraction of sp³-hybridized carbons (Fsp3) is 0.632. The molecule has 0 amide bonds. The van der Waals surface area contributed by atoms with Crippen LogP contribution in [-0.2, 0) is 37.0 Å². The minimum atomic E-state index is -0.721. The molecule has 0 bridgehead atoms. The van der Waals surface area contributed by atoms with E-state index in [9.17, 15) is 9.59 Å². The van der Waals surface area contributed by atoms with Crippen molar-refractivity contribution < 1.29 is 28.5 Å². The zero-order chi connectivity index (χ0) is 20.0. The molecule has 0 aliphatic carbocycles. The van der Waals surface area contributed by atoms with Crippen molar-refractivity contribution in [3.63, 3.8) is 0 Å². The third-order valence-corrected chi connectivity index (χ3v) is 4.04. The topological polar surface area (TPSA) is 87.2 Å². The molecule has 2 rings (SSSR count). The number of rotatable bonds is 8. The van der Waals surface area contributed by atoms with Crippen LogP contribution in [0.2, 0.25) is 0 Å². The molecule has 0 unspecified atom stereocenters. The van der Waals surface area contributed by atoms with Gasteiger partial charge in [0.15, 0.2) is 0 Å². The average molecular weight is 380 g/mol. The normalized spacial score (nSPS) is 15.0. The maximum absolute atomic E-state index is 11.9. The number of esters is 2. The van der Waals surface area contributed by atoms with Crippen LogP contribution < -0.4 is 4.74 Å². The minimum Gasteiger partial charge on any atom is -0.464 e. The summed E-state index contributed by atoms with van der Waals surface area (Å²) < 4.78 is 21.8. The van der Waals surface area contributed by atoms with E-state index in [2.05, 4.69) is 4.98 Å². The molecule has 0 N–H and O–H groups in total. The summed E-state index contributed by atoms with van der Waals surface area (Å²) in [5.74, 6) is -0.926. The first-order valence-corrected chi connectivity index (χ1v) is 8.94. The predicted octanol–water partition coefficient (Wildman–Crippen LogP) is 1.96. The molecule has 0 radical (unpaired) electrons. The Labute approximate surface area is 159 Å². The van der Waals surface area contributed by atoms with Gasteiger partial charge in [0.25, 0.3) is 0 Å². The quantitative estimate of drug-likeness (QED) is 0.633. The zero-order valence-corrected chi connectivity index (χ0v) is 16.7. The number of nitrogens with zero attached hydrogens (tertiary/aromatic N) is 2. The maximum atomic E-state index is 11.9. The Balaban J connectivity index is 1.83. The summed E-state index contributed by atoms with van der Waals surface area (Å²) in [6.45, 7) is 6.88. The van der Waals surface area contributed by atoms with Gasteiger partial charge in [-0.05, 0) is 21.0 Å². The van der Waals surface area contributed by atoms with Crippen molar-refractivity contribution in [3.05, 3.63) is 23.0 Å². The maximum Gasteiger partial charge on any atom is 0.306 e. The van der Waals surface area contributed by atoms with Gasteiger partial charge in [0, 0.05) is 37.7 Å². The van der Waals surface area contributed by atoms with Gasteiger partial charge in [0.2, 0.25) is 5.79 Å². The summed E-state index contributed by atoms with van der Waals surface area (Å²) >= 11 is 0. The summed E-state index contributed by atoms with van der Waals surface area (Å²) in [4.78, 5) is 29.7. The van der Waals surface area contributed by atoms with Gasteiger partial charge in [-0.15, -0.1) is 0 Å². The molecule has 150 valence electrons. The molecular weight excluding hydrogens is 352 g/mol. The molecule has 8 nitrogen and oxygen atoms in total. The summed E-state index contributed by atoms with van der Waals surface area (Å²) in [5.41, 5.74) is 2.32. The third kappa shape index (κ3) is 6.48. The Kier molecular flexibility index (Phi) is 7.15. The molecule has 1 aromatic heterocycles. The lowest BCUT2D eigenvalue weighted by Gasteiger charge is -2.34. The second-order valence-corrected chi connectivity index (χ2v) is 7.15. The Morgan fingerprint density at radius 3 is 2.56 bits per heavy atom. The first-order chi connectivity index (χ1) is 12.7. The number of hydrogen-bond acceptors (Lipinski definition) is 8. The van der Waals surface area contributed by atoms with E-state index in [1.165, 1.54) is 0 Å². The molecule has 1 aliphatic heterocycles.